The molecule has 0 saturated carbocycles. The van der Waals surface area contributed by atoms with Crippen LogP contribution in [0.2, 0.25) is 0 Å². The molecule has 0 radical (unpaired) electrons. The van der Waals surface area contributed by atoms with E-state index in [-0.39, 0.29) is 25.7 Å². The fourth-order valence-electron chi connectivity index (χ4n) is 5.07. The van der Waals surface area contributed by atoms with Crippen LogP contribution in [0.3, 0.4) is 0 Å². The highest BCUT2D eigenvalue weighted by molar-refractivity contribution is 7.47. The van der Waals surface area contributed by atoms with Gasteiger partial charge in [0, 0.05) is 13.0 Å². The number of amides is 1. The quantitative estimate of drug-likeness (QED) is 0.0293. The van der Waals surface area contributed by atoms with Crippen LogP contribution in [0.5, 0.6) is 0 Å². The van der Waals surface area contributed by atoms with Crippen molar-refractivity contribution in [1.82, 2.24) is 5.32 Å². The van der Waals surface area contributed by atoms with Crippen LogP contribution in [0, 0.1) is 0 Å². The number of unbranched alkanes of at least 4 members (excludes halogenated alkanes) is 15. The number of nitrogens with two attached hydrogens (primary N) is 1. The summed E-state index contributed by atoms with van der Waals surface area (Å²) in [5.74, 6) is -0.226. The van der Waals surface area contributed by atoms with E-state index in [0.717, 1.165) is 70.6 Å². The third-order valence-corrected chi connectivity index (χ3v) is 9.03. The second kappa shape index (κ2) is 36.0. The zero-order valence-electron chi connectivity index (χ0n) is 31.2. The van der Waals surface area contributed by atoms with Gasteiger partial charge in [0.15, 0.2) is 0 Å². The van der Waals surface area contributed by atoms with E-state index < -0.39 is 20.0 Å². The summed E-state index contributed by atoms with van der Waals surface area (Å²) in [5, 5.41) is 13.6. The van der Waals surface area contributed by atoms with Crippen molar-refractivity contribution in [2.45, 2.75) is 167 Å². The average molecular weight is 709 g/mol. The number of hydrogen-bond acceptors (Lipinski definition) is 6. The van der Waals surface area contributed by atoms with Gasteiger partial charge in [0.2, 0.25) is 5.91 Å². The Bertz CT molecular complexity index is 949. The predicted octanol–water partition coefficient (Wildman–Crippen LogP) is 10.3. The van der Waals surface area contributed by atoms with E-state index in [0.29, 0.717) is 6.42 Å². The maximum Gasteiger partial charge on any atom is 0.472 e. The molecule has 0 aliphatic heterocycles. The monoisotopic (exact) mass is 709 g/mol. The minimum Gasteiger partial charge on any atom is -0.387 e. The third kappa shape index (κ3) is 34.4. The fourth-order valence-corrected chi connectivity index (χ4v) is 5.83. The number of aliphatic hydroxyl groups excluding tert-OH is 1. The fraction of sp³-hybridized carbons (Fsp3) is 0.725. The Hall–Kier alpha value is -1.80. The molecule has 284 valence electrons. The average Bonchev–Trinajstić information content (AvgIpc) is 3.09. The van der Waals surface area contributed by atoms with Crippen LogP contribution in [0.1, 0.15) is 155 Å². The normalized spacial score (nSPS) is 15.0. The third-order valence-electron chi connectivity index (χ3n) is 8.04. The van der Waals surface area contributed by atoms with Gasteiger partial charge in [-0.2, -0.15) is 0 Å². The van der Waals surface area contributed by atoms with Gasteiger partial charge < -0.3 is 21.1 Å². The Labute approximate surface area is 300 Å². The molecule has 0 aromatic rings. The first-order valence-corrected chi connectivity index (χ1v) is 20.9. The maximum absolute atomic E-state index is 12.7. The SMILES string of the molecule is CCCCC/C=C\C/C=C\CCCCCCCC(=O)NC(COP(=O)(O)OCCN)C(O)/C=C/CC/C=C/CC/C=C/CCCCCCC. The molecule has 3 atom stereocenters. The number of aliphatic hydroxyl groups is 1. The molecule has 0 rings (SSSR count). The van der Waals surface area contributed by atoms with Crippen molar-refractivity contribution in [3.63, 3.8) is 0 Å². The summed E-state index contributed by atoms with van der Waals surface area (Å²) in [4.78, 5) is 22.6. The Morgan fingerprint density at radius 3 is 1.73 bits per heavy atom. The second-order valence-electron chi connectivity index (χ2n) is 12.8. The lowest BCUT2D eigenvalue weighted by molar-refractivity contribution is -0.123. The van der Waals surface area contributed by atoms with Crippen LogP contribution in [-0.2, 0) is 18.4 Å². The smallest absolute Gasteiger partial charge is 0.387 e. The van der Waals surface area contributed by atoms with Crippen LogP contribution < -0.4 is 11.1 Å². The second-order valence-corrected chi connectivity index (χ2v) is 14.2. The molecular weight excluding hydrogens is 635 g/mol. The van der Waals surface area contributed by atoms with Gasteiger partial charge in [-0.15, -0.1) is 0 Å². The minimum atomic E-state index is -4.35. The van der Waals surface area contributed by atoms with E-state index >= 15 is 0 Å². The first-order valence-electron chi connectivity index (χ1n) is 19.4. The van der Waals surface area contributed by atoms with Crippen molar-refractivity contribution in [2.24, 2.45) is 5.73 Å². The molecule has 0 aliphatic carbocycles. The number of hydrogen-bond donors (Lipinski definition) is 4. The number of phosphoric ester groups is 1. The highest BCUT2D eigenvalue weighted by Gasteiger charge is 2.26. The van der Waals surface area contributed by atoms with Crippen molar-refractivity contribution in [1.29, 1.82) is 0 Å². The molecule has 9 heteroatoms. The van der Waals surface area contributed by atoms with Gasteiger partial charge in [-0.25, -0.2) is 4.57 Å². The van der Waals surface area contributed by atoms with Gasteiger partial charge in [-0.3, -0.25) is 13.8 Å². The first kappa shape index (κ1) is 47.2. The molecule has 49 heavy (non-hydrogen) atoms. The van der Waals surface area contributed by atoms with Crippen LogP contribution in [0.25, 0.3) is 0 Å². The topological polar surface area (TPSA) is 131 Å². The van der Waals surface area contributed by atoms with E-state index in [4.69, 9.17) is 14.8 Å². The number of phosphoric acid groups is 1. The van der Waals surface area contributed by atoms with Crippen LogP contribution in [0.15, 0.2) is 60.8 Å². The molecule has 0 bridgehead atoms. The molecule has 8 nitrogen and oxygen atoms in total. The number of allylic oxidation sites excluding steroid dienone is 9. The van der Waals surface area contributed by atoms with Gasteiger partial charge in [-0.05, 0) is 77.0 Å². The van der Waals surface area contributed by atoms with E-state index in [1.165, 1.54) is 64.2 Å². The van der Waals surface area contributed by atoms with E-state index in [9.17, 15) is 19.4 Å². The summed E-state index contributed by atoms with van der Waals surface area (Å²) < 4.78 is 22.0. The number of carbonyl (C=O) groups is 1. The first-order chi connectivity index (χ1) is 23.9. The summed E-state index contributed by atoms with van der Waals surface area (Å²) in [7, 11) is -4.35. The highest BCUT2D eigenvalue weighted by atomic mass is 31.2. The lowest BCUT2D eigenvalue weighted by atomic mass is 10.1. The maximum atomic E-state index is 12.7. The zero-order valence-corrected chi connectivity index (χ0v) is 32.1. The van der Waals surface area contributed by atoms with Crippen molar-refractivity contribution in [2.75, 3.05) is 19.8 Å². The zero-order chi connectivity index (χ0) is 36.1. The van der Waals surface area contributed by atoms with E-state index in [1.807, 2.05) is 6.08 Å². The number of nitrogens with one attached hydrogen (secondary N) is 1. The van der Waals surface area contributed by atoms with Gasteiger partial charge >= 0.3 is 7.82 Å². The molecule has 0 aromatic heterocycles. The van der Waals surface area contributed by atoms with Gasteiger partial charge in [-0.1, -0.05) is 132 Å². The van der Waals surface area contributed by atoms with Gasteiger partial charge in [0.05, 0.1) is 25.4 Å². The Morgan fingerprint density at radius 1 is 0.673 bits per heavy atom. The van der Waals surface area contributed by atoms with Crippen LogP contribution >= 0.6 is 7.82 Å². The molecule has 0 saturated heterocycles. The summed E-state index contributed by atoms with van der Waals surface area (Å²) in [6.07, 6.45) is 44.0. The lowest BCUT2D eigenvalue weighted by Gasteiger charge is -2.23. The predicted molar refractivity (Wildman–Crippen MR) is 207 cm³/mol. The van der Waals surface area contributed by atoms with Crippen molar-refractivity contribution in [3.8, 4) is 0 Å². The molecule has 0 aliphatic rings. The Kier molecular flexibility index (Phi) is 34.7. The molecule has 0 fully saturated rings. The molecule has 0 spiro atoms. The minimum absolute atomic E-state index is 0.0668. The summed E-state index contributed by atoms with van der Waals surface area (Å²) in [6, 6.07) is -0.891. The van der Waals surface area contributed by atoms with Gasteiger partial charge in [0.1, 0.15) is 0 Å². The van der Waals surface area contributed by atoms with Crippen LogP contribution in [-0.4, -0.2) is 47.8 Å². The van der Waals surface area contributed by atoms with Crippen molar-refractivity contribution in [3.05, 3.63) is 60.8 Å². The number of carbonyl (C=O) groups excluding carboxylic acids is 1. The van der Waals surface area contributed by atoms with Crippen molar-refractivity contribution < 1.29 is 28.4 Å². The van der Waals surface area contributed by atoms with E-state index in [2.05, 4.69) is 67.8 Å². The largest absolute Gasteiger partial charge is 0.472 e. The molecule has 0 aromatic carbocycles. The molecular formula is C40H73N2O6P. The molecule has 3 unspecified atom stereocenters. The molecule has 1 amide bonds. The van der Waals surface area contributed by atoms with E-state index in [1.54, 1.807) is 6.08 Å². The lowest BCUT2D eigenvalue weighted by Crippen LogP contribution is -2.45. The number of rotatable bonds is 35. The van der Waals surface area contributed by atoms with Crippen molar-refractivity contribution >= 4 is 13.7 Å². The highest BCUT2D eigenvalue weighted by Crippen LogP contribution is 2.43. The summed E-state index contributed by atoms with van der Waals surface area (Å²) >= 11 is 0. The van der Waals surface area contributed by atoms with Gasteiger partial charge in [0.25, 0.3) is 0 Å². The Balaban J connectivity index is 4.43. The van der Waals surface area contributed by atoms with Crippen LogP contribution in [0.4, 0.5) is 0 Å². The standard InChI is InChI=1S/C40H73N2O6P/c1-3-5-7-9-11-13-15-17-19-21-23-25-27-29-31-33-39(43)38(37-48-49(45,46)47-36-35-41)42-40(44)34-32-30-28-26-24-22-20-18-16-14-12-10-8-6-4-2/h12,14-15,17-18,20,23,25,31,33,38-39,43H,3-11,13,16,19,21-22,24,26-30,32,34-37,41H2,1-2H3,(H,42,44)(H,45,46)/b14-12-,17-15+,20-18-,25-23+,33-31+. The summed E-state index contributed by atoms with van der Waals surface area (Å²) in [6.45, 7) is 4.02. The Morgan fingerprint density at radius 2 is 1.14 bits per heavy atom. The molecule has 0 heterocycles. The summed E-state index contributed by atoms with van der Waals surface area (Å²) in [5.41, 5.74) is 5.35. The molecule has 5 N–H and O–H groups in total.